The molecule has 0 spiro atoms. The number of alkyl halides is 3. The Hall–Kier alpha value is -1.45. The van der Waals surface area contributed by atoms with E-state index in [4.69, 9.17) is 11.6 Å². The molecule has 0 bridgehead atoms. The fraction of sp³-hybridized carbons (Fsp3) is 0.500. The third kappa shape index (κ3) is 3.27. The molecule has 3 rings (SSSR count). The van der Waals surface area contributed by atoms with Gasteiger partial charge in [0.25, 0.3) is 0 Å². The fourth-order valence-corrected chi connectivity index (χ4v) is 4.18. The summed E-state index contributed by atoms with van der Waals surface area (Å²) in [5, 5.41) is 2.81. The van der Waals surface area contributed by atoms with Crippen LogP contribution in [0.2, 0.25) is 5.02 Å². The van der Waals surface area contributed by atoms with Gasteiger partial charge in [0.15, 0.2) is 16.7 Å². The van der Waals surface area contributed by atoms with Crippen molar-refractivity contribution in [3.05, 3.63) is 33.3 Å². The molecule has 0 amide bonds. The number of benzene rings is 1. The van der Waals surface area contributed by atoms with E-state index in [1.165, 1.54) is 12.1 Å². The highest BCUT2D eigenvalue weighted by atomic mass is 79.9. The predicted octanol–water partition coefficient (Wildman–Crippen LogP) is 4.07. The summed E-state index contributed by atoms with van der Waals surface area (Å²) in [6, 6.07) is 4.41. The molecule has 1 unspecified atom stereocenters. The quantitative estimate of drug-likeness (QED) is 0.398. The summed E-state index contributed by atoms with van der Waals surface area (Å²) < 4.78 is 44.7. The molecule has 1 saturated carbocycles. The number of ketones is 1. The van der Waals surface area contributed by atoms with Crippen molar-refractivity contribution in [2.45, 2.75) is 37.9 Å². The van der Waals surface area contributed by atoms with Crippen molar-refractivity contribution in [3.8, 4) is 0 Å². The lowest BCUT2D eigenvalue weighted by Gasteiger charge is -2.30. The standard InChI is InChI=1S/C18H16BrClF3NO4/c1-9-4-7-24-17(9,13(25)11-3-2-10(19)8-12(11)20)15(27)28-14(26)16(5-6-16)18(21,22)23/h2-3,8-9,24H,4-7H2,1H3/t9?,17-/m1/s1. The Morgan fingerprint density at radius 2 is 1.89 bits per heavy atom. The average molecular weight is 483 g/mol. The molecule has 0 aromatic heterocycles. The Morgan fingerprint density at radius 1 is 1.25 bits per heavy atom. The van der Waals surface area contributed by atoms with Crippen molar-refractivity contribution >= 4 is 45.3 Å². The van der Waals surface area contributed by atoms with Gasteiger partial charge in [-0.3, -0.25) is 14.9 Å². The zero-order valence-electron chi connectivity index (χ0n) is 14.7. The lowest BCUT2D eigenvalue weighted by Crippen LogP contribution is -2.59. The smallest absolute Gasteiger partial charge is 0.391 e. The van der Waals surface area contributed by atoms with E-state index < -0.39 is 53.6 Å². The predicted molar refractivity (Wildman–Crippen MR) is 96.8 cm³/mol. The molecule has 1 aliphatic heterocycles. The van der Waals surface area contributed by atoms with Gasteiger partial charge in [0, 0.05) is 10.0 Å². The minimum atomic E-state index is -4.81. The lowest BCUT2D eigenvalue weighted by atomic mass is 9.80. The Bertz CT molecular complexity index is 856. The van der Waals surface area contributed by atoms with Crippen LogP contribution < -0.4 is 5.32 Å². The average Bonchev–Trinajstić information content (AvgIpc) is 3.32. The number of nitrogens with one attached hydrogen (secondary N) is 1. The van der Waals surface area contributed by atoms with Crippen molar-refractivity contribution in [2.75, 3.05) is 6.54 Å². The summed E-state index contributed by atoms with van der Waals surface area (Å²) in [7, 11) is 0. The van der Waals surface area contributed by atoms with E-state index in [2.05, 4.69) is 26.0 Å². The van der Waals surface area contributed by atoms with Gasteiger partial charge in [0.05, 0.1) is 5.02 Å². The molecule has 1 aliphatic carbocycles. The van der Waals surface area contributed by atoms with Crippen LogP contribution in [0.4, 0.5) is 13.2 Å². The molecule has 2 aliphatic rings. The third-order valence-corrected chi connectivity index (χ3v) is 6.25. The second kappa shape index (κ2) is 7.11. The van der Waals surface area contributed by atoms with Crippen LogP contribution in [-0.2, 0) is 14.3 Å². The highest BCUT2D eigenvalue weighted by molar-refractivity contribution is 9.10. The molecule has 28 heavy (non-hydrogen) atoms. The van der Waals surface area contributed by atoms with Gasteiger partial charge < -0.3 is 4.74 Å². The maximum atomic E-state index is 13.2. The van der Waals surface area contributed by atoms with Gasteiger partial charge in [0.1, 0.15) is 0 Å². The van der Waals surface area contributed by atoms with Gasteiger partial charge in [-0.15, -0.1) is 0 Å². The second-order valence-corrected chi connectivity index (χ2v) is 8.46. The summed E-state index contributed by atoms with van der Waals surface area (Å²) in [6.45, 7) is 1.85. The van der Waals surface area contributed by atoms with Crippen LogP contribution >= 0.6 is 27.5 Å². The lowest BCUT2D eigenvalue weighted by molar-refractivity contribution is -0.208. The zero-order chi connectivity index (χ0) is 20.9. The van der Waals surface area contributed by atoms with Crippen molar-refractivity contribution in [1.29, 1.82) is 0 Å². The van der Waals surface area contributed by atoms with Crippen molar-refractivity contribution in [3.63, 3.8) is 0 Å². The van der Waals surface area contributed by atoms with Gasteiger partial charge in [0.2, 0.25) is 0 Å². The Labute approximate surface area is 172 Å². The summed E-state index contributed by atoms with van der Waals surface area (Å²) in [4.78, 5) is 38.2. The van der Waals surface area contributed by atoms with Crippen LogP contribution in [0.3, 0.4) is 0 Å². The van der Waals surface area contributed by atoms with Crippen LogP contribution in [0.15, 0.2) is 22.7 Å². The molecule has 1 aromatic carbocycles. The minimum absolute atomic E-state index is 0.00692. The van der Waals surface area contributed by atoms with Crippen LogP contribution in [0.5, 0.6) is 0 Å². The Balaban J connectivity index is 1.93. The van der Waals surface area contributed by atoms with Crippen LogP contribution in [0.1, 0.15) is 36.5 Å². The Morgan fingerprint density at radius 3 is 2.36 bits per heavy atom. The zero-order valence-corrected chi connectivity index (χ0v) is 17.0. The van der Waals surface area contributed by atoms with E-state index in [-0.39, 0.29) is 17.1 Å². The molecule has 0 radical (unpaired) electrons. The molecule has 10 heteroatoms. The maximum absolute atomic E-state index is 13.2. The van der Waals surface area contributed by atoms with Crippen molar-refractivity contribution < 1.29 is 32.3 Å². The maximum Gasteiger partial charge on any atom is 0.404 e. The van der Waals surface area contributed by atoms with E-state index in [9.17, 15) is 27.6 Å². The van der Waals surface area contributed by atoms with E-state index in [1.54, 1.807) is 13.0 Å². The van der Waals surface area contributed by atoms with Gasteiger partial charge >= 0.3 is 18.1 Å². The first kappa shape index (κ1) is 21.3. The first-order valence-corrected chi connectivity index (χ1v) is 9.71. The number of ether oxygens (including phenoxy) is 1. The largest absolute Gasteiger partial charge is 0.404 e. The normalized spacial score (nSPS) is 26.0. The SMILES string of the molecule is CC1CCN[C@@]1(C(=O)OC(=O)C1(C(F)(F)F)CC1)C(=O)c1ccc(Br)cc1Cl. The molecule has 2 atom stereocenters. The van der Waals surface area contributed by atoms with Gasteiger partial charge in [-0.1, -0.05) is 34.5 Å². The summed E-state index contributed by atoms with van der Waals surface area (Å²) in [5.41, 5.74) is -4.63. The second-order valence-electron chi connectivity index (χ2n) is 7.13. The molecule has 1 N–H and O–H groups in total. The number of hydrogen-bond donors (Lipinski definition) is 1. The molecule has 5 nitrogen and oxygen atoms in total. The number of esters is 2. The fourth-order valence-electron chi connectivity index (χ4n) is 3.42. The van der Waals surface area contributed by atoms with E-state index in [0.29, 0.717) is 10.9 Å². The Kier molecular flexibility index (Phi) is 5.40. The number of carbonyl (C=O) groups is 3. The number of carbonyl (C=O) groups excluding carboxylic acids is 3. The number of Topliss-reactive ketones (excluding diaryl/α,β-unsaturated/α-hetero) is 1. The topological polar surface area (TPSA) is 72.5 Å². The summed E-state index contributed by atoms with van der Waals surface area (Å²) in [6.07, 6.45) is -5.30. The first-order valence-electron chi connectivity index (χ1n) is 8.54. The highest BCUT2D eigenvalue weighted by Crippen LogP contribution is 2.58. The number of rotatable bonds is 4. The molecule has 2 fully saturated rings. The first-order chi connectivity index (χ1) is 13.0. The molecule has 152 valence electrons. The molecular formula is C18H16BrClF3NO4. The van der Waals surface area contributed by atoms with E-state index in [1.807, 2.05) is 0 Å². The molecule has 1 aromatic rings. The number of halogens is 5. The van der Waals surface area contributed by atoms with Crippen LogP contribution in [0.25, 0.3) is 0 Å². The van der Waals surface area contributed by atoms with Gasteiger partial charge in [-0.25, -0.2) is 4.79 Å². The summed E-state index contributed by atoms with van der Waals surface area (Å²) in [5.74, 6) is -4.35. The summed E-state index contributed by atoms with van der Waals surface area (Å²) >= 11 is 9.33. The van der Waals surface area contributed by atoms with Crippen LogP contribution in [0, 0.1) is 11.3 Å². The van der Waals surface area contributed by atoms with Gasteiger partial charge in [-0.05, 0) is 49.9 Å². The van der Waals surface area contributed by atoms with E-state index >= 15 is 0 Å². The van der Waals surface area contributed by atoms with Gasteiger partial charge in [-0.2, -0.15) is 13.2 Å². The van der Waals surface area contributed by atoms with E-state index in [0.717, 1.165) is 0 Å². The van der Waals surface area contributed by atoms with Crippen molar-refractivity contribution in [2.24, 2.45) is 11.3 Å². The third-order valence-electron chi connectivity index (χ3n) is 5.45. The molecule has 1 saturated heterocycles. The number of hydrogen-bond acceptors (Lipinski definition) is 5. The molecule has 1 heterocycles. The van der Waals surface area contributed by atoms with Crippen molar-refractivity contribution in [1.82, 2.24) is 5.32 Å². The van der Waals surface area contributed by atoms with Crippen LogP contribution in [-0.4, -0.2) is 36.0 Å². The molecular weight excluding hydrogens is 467 g/mol. The monoisotopic (exact) mass is 481 g/mol. The highest BCUT2D eigenvalue weighted by Gasteiger charge is 2.71. The minimum Gasteiger partial charge on any atom is -0.391 e.